The molecule has 0 spiro atoms. The lowest BCUT2D eigenvalue weighted by atomic mass is 10.1. The molecule has 0 saturated carbocycles. The van der Waals surface area contributed by atoms with Crippen molar-refractivity contribution in [2.45, 2.75) is 31.7 Å². The van der Waals surface area contributed by atoms with Crippen molar-refractivity contribution in [3.63, 3.8) is 0 Å². The predicted octanol–water partition coefficient (Wildman–Crippen LogP) is 1.38. The number of halogens is 3. The number of alkyl halides is 3. The largest absolute Gasteiger partial charge is 0.416 e. The summed E-state index contributed by atoms with van der Waals surface area (Å²) in [6.07, 6.45) is -4.99. The molecule has 1 amide bonds. The standard InChI is InChI=1S/C15H16F3N5O2/c1-10-14(15(16,17)18)25-7-6-22(10)13(24)8-11-2-4-12(5-3-11)23-9-19-20-21-23/h2-5,9-10,14H,6-8H2,1H3/t10-,14-/m1/s1. The van der Waals surface area contributed by atoms with Gasteiger partial charge in [0.05, 0.1) is 24.8 Å². The summed E-state index contributed by atoms with van der Waals surface area (Å²) in [6.45, 7) is 1.38. The zero-order valence-corrected chi connectivity index (χ0v) is 13.3. The Morgan fingerprint density at radius 2 is 2.04 bits per heavy atom. The lowest BCUT2D eigenvalue weighted by Crippen LogP contribution is -2.57. The lowest BCUT2D eigenvalue weighted by molar-refractivity contribution is -0.250. The molecule has 1 aromatic carbocycles. The average molecular weight is 355 g/mol. The second-order valence-corrected chi connectivity index (χ2v) is 5.76. The molecule has 2 atom stereocenters. The zero-order chi connectivity index (χ0) is 18.0. The summed E-state index contributed by atoms with van der Waals surface area (Å²) < 4.78 is 45.1. The summed E-state index contributed by atoms with van der Waals surface area (Å²) in [5, 5.41) is 10.8. The van der Waals surface area contributed by atoms with E-state index >= 15 is 0 Å². The highest BCUT2D eigenvalue weighted by Gasteiger charge is 2.48. The van der Waals surface area contributed by atoms with Gasteiger partial charge in [0.2, 0.25) is 5.91 Å². The van der Waals surface area contributed by atoms with E-state index in [0.717, 1.165) is 5.69 Å². The van der Waals surface area contributed by atoms with Crippen LogP contribution < -0.4 is 0 Å². The SMILES string of the molecule is C[C@@H]1[C@H](C(F)(F)F)OCCN1C(=O)Cc1ccc(-n2cnnn2)cc1. The summed E-state index contributed by atoms with van der Waals surface area (Å²) in [4.78, 5) is 13.7. The molecule has 3 rings (SSSR count). The minimum absolute atomic E-state index is 0.0187. The van der Waals surface area contributed by atoms with Crippen molar-refractivity contribution in [2.24, 2.45) is 0 Å². The molecule has 1 saturated heterocycles. The van der Waals surface area contributed by atoms with Gasteiger partial charge in [-0.25, -0.2) is 4.68 Å². The first-order valence-corrected chi connectivity index (χ1v) is 7.66. The van der Waals surface area contributed by atoms with Crippen molar-refractivity contribution >= 4 is 5.91 Å². The Kier molecular flexibility index (Phi) is 4.71. The summed E-state index contributed by atoms with van der Waals surface area (Å²) >= 11 is 0. The maximum Gasteiger partial charge on any atom is 0.416 e. The maximum absolute atomic E-state index is 13.0. The second-order valence-electron chi connectivity index (χ2n) is 5.76. The van der Waals surface area contributed by atoms with Crippen LogP contribution in [0.25, 0.3) is 5.69 Å². The third kappa shape index (κ3) is 3.78. The Balaban J connectivity index is 1.67. The molecule has 1 aromatic heterocycles. The van der Waals surface area contributed by atoms with Gasteiger partial charge < -0.3 is 9.64 Å². The molecule has 10 heteroatoms. The molecular weight excluding hydrogens is 339 g/mol. The normalized spacial score (nSPS) is 21.4. The third-order valence-corrected chi connectivity index (χ3v) is 4.11. The highest BCUT2D eigenvalue weighted by Crippen LogP contribution is 2.30. The van der Waals surface area contributed by atoms with Gasteiger partial charge in [-0.2, -0.15) is 13.2 Å². The van der Waals surface area contributed by atoms with E-state index in [-0.39, 0.29) is 25.5 Å². The van der Waals surface area contributed by atoms with Crippen molar-refractivity contribution < 1.29 is 22.7 Å². The Labute approximate surface area is 141 Å². The molecule has 0 N–H and O–H groups in total. The molecule has 2 aromatic rings. The summed E-state index contributed by atoms with van der Waals surface area (Å²) in [7, 11) is 0. The number of ether oxygens (including phenoxy) is 1. The first-order valence-electron chi connectivity index (χ1n) is 7.66. The van der Waals surface area contributed by atoms with Gasteiger partial charge in [0.15, 0.2) is 6.10 Å². The first kappa shape index (κ1) is 17.3. The number of benzene rings is 1. The van der Waals surface area contributed by atoms with E-state index in [1.165, 1.54) is 22.8 Å². The maximum atomic E-state index is 13.0. The molecule has 1 fully saturated rings. The number of amides is 1. The number of hydrogen-bond donors (Lipinski definition) is 0. The second kappa shape index (κ2) is 6.79. The first-order chi connectivity index (χ1) is 11.9. The van der Waals surface area contributed by atoms with Crippen molar-refractivity contribution in [1.29, 1.82) is 0 Å². The Bertz CT molecular complexity index is 718. The molecule has 0 radical (unpaired) electrons. The molecular formula is C15H16F3N5O2. The average Bonchev–Trinajstić information content (AvgIpc) is 3.09. The summed E-state index contributed by atoms with van der Waals surface area (Å²) in [5.41, 5.74) is 1.42. The molecule has 0 unspecified atom stereocenters. The van der Waals surface area contributed by atoms with E-state index < -0.39 is 18.3 Å². The predicted molar refractivity (Wildman–Crippen MR) is 79.8 cm³/mol. The Hall–Kier alpha value is -2.49. The number of morpholine rings is 1. The monoisotopic (exact) mass is 355 g/mol. The summed E-state index contributed by atoms with van der Waals surface area (Å²) in [5.74, 6) is -0.361. The number of nitrogens with zero attached hydrogens (tertiary/aromatic N) is 5. The zero-order valence-electron chi connectivity index (χ0n) is 13.3. The smallest absolute Gasteiger partial charge is 0.365 e. The van der Waals surface area contributed by atoms with Crippen LogP contribution >= 0.6 is 0 Å². The Morgan fingerprint density at radius 3 is 2.64 bits per heavy atom. The van der Waals surface area contributed by atoms with Crippen LogP contribution in [0.5, 0.6) is 0 Å². The molecule has 25 heavy (non-hydrogen) atoms. The van der Waals surface area contributed by atoms with Gasteiger partial charge in [-0.15, -0.1) is 5.10 Å². The van der Waals surface area contributed by atoms with Crippen LogP contribution in [0.1, 0.15) is 12.5 Å². The number of hydrogen-bond acceptors (Lipinski definition) is 5. The van der Waals surface area contributed by atoms with E-state index in [2.05, 4.69) is 15.5 Å². The fourth-order valence-corrected chi connectivity index (χ4v) is 2.83. The number of aromatic nitrogens is 4. The fourth-order valence-electron chi connectivity index (χ4n) is 2.83. The van der Waals surface area contributed by atoms with Gasteiger partial charge in [-0.05, 0) is 35.0 Å². The van der Waals surface area contributed by atoms with Gasteiger partial charge in [0, 0.05) is 6.54 Å². The van der Waals surface area contributed by atoms with Crippen molar-refractivity contribution in [2.75, 3.05) is 13.2 Å². The molecule has 7 nitrogen and oxygen atoms in total. The third-order valence-electron chi connectivity index (χ3n) is 4.11. The van der Waals surface area contributed by atoms with Gasteiger partial charge in [0.25, 0.3) is 0 Å². The van der Waals surface area contributed by atoms with E-state index in [9.17, 15) is 18.0 Å². The van der Waals surface area contributed by atoms with E-state index in [1.807, 2.05) is 0 Å². The van der Waals surface area contributed by atoms with Gasteiger partial charge in [-0.1, -0.05) is 12.1 Å². The molecule has 2 heterocycles. The van der Waals surface area contributed by atoms with Crippen LogP contribution in [0.15, 0.2) is 30.6 Å². The molecule has 0 aliphatic carbocycles. The number of rotatable bonds is 3. The van der Waals surface area contributed by atoms with Crippen molar-refractivity contribution in [1.82, 2.24) is 25.1 Å². The van der Waals surface area contributed by atoms with Crippen LogP contribution in [0.4, 0.5) is 13.2 Å². The van der Waals surface area contributed by atoms with E-state index in [0.29, 0.717) is 5.56 Å². The van der Waals surface area contributed by atoms with Gasteiger partial charge >= 0.3 is 6.18 Å². The number of carbonyl (C=O) groups is 1. The molecule has 0 bridgehead atoms. The quantitative estimate of drug-likeness (QED) is 0.832. The van der Waals surface area contributed by atoms with Crippen LogP contribution in [0.3, 0.4) is 0 Å². The van der Waals surface area contributed by atoms with Gasteiger partial charge in [-0.3, -0.25) is 4.79 Å². The molecule has 134 valence electrons. The van der Waals surface area contributed by atoms with Crippen molar-refractivity contribution in [3.8, 4) is 5.69 Å². The topological polar surface area (TPSA) is 73.1 Å². The molecule has 1 aliphatic heterocycles. The lowest BCUT2D eigenvalue weighted by Gasteiger charge is -2.40. The number of carbonyl (C=O) groups excluding carboxylic acids is 1. The van der Waals surface area contributed by atoms with E-state index in [1.54, 1.807) is 24.3 Å². The minimum atomic E-state index is -4.49. The highest BCUT2D eigenvalue weighted by molar-refractivity contribution is 5.79. The minimum Gasteiger partial charge on any atom is -0.365 e. The highest BCUT2D eigenvalue weighted by atomic mass is 19.4. The van der Waals surface area contributed by atoms with Crippen molar-refractivity contribution in [3.05, 3.63) is 36.2 Å². The number of tetrazole rings is 1. The van der Waals surface area contributed by atoms with E-state index in [4.69, 9.17) is 4.74 Å². The summed E-state index contributed by atoms with van der Waals surface area (Å²) in [6, 6.07) is 5.87. The fraction of sp³-hybridized carbons (Fsp3) is 0.467. The Morgan fingerprint density at radius 1 is 1.32 bits per heavy atom. The van der Waals surface area contributed by atoms with Crippen LogP contribution in [0.2, 0.25) is 0 Å². The van der Waals surface area contributed by atoms with Crippen LogP contribution in [0, 0.1) is 0 Å². The molecule has 1 aliphatic rings. The van der Waals surface area contributed by atoms with Gasteiger partial charge in [0.1, 0.15) is 6.33 Å². The van der Waals surface area contributed by atoms with Crippen LogP contribution in [-0.4, -0.2) is 62.5 Å². The van der Waals surface area contributed by atoms with Crippen LogP contribution in [-0.2, 0) is 16.0 Å².